The van der Waals surface area contributed by atoms with Gasteiger partial charge in [0, 0.05) is 18.0 Å². The Morgan fingerprint density at radius 2 is 2.06 bits per heavy atom. The number of aromatic amines is 1. The Bertz CT molecular complexity index is 448. The molecular weight excluding hydrogens is 233 g/mol. The highest BCUT2D eigenvalue weighted by Crippen LogP contribution is 2.51. The molecule has 1 aromatic heterocycles. The summed E-state index contributed by atoms with van der Waals surface area (Å²) in [7, 11) is 0. The van der Waals surface area contributed by atoms with Crippen molar-refractivity contribution < 1.29 is 18.0 Å². The average Bonchev–Trinajstić information content (AvgIpc) is 2.65. The molecule has 0 aromatic carbocycles. The van der Waals surface area contributed by atoms with Crippen molar-refractivity contribution in [3.8, 4) is 0 Å². The van der Waals surface area contributed by atoms with Crippen LogP contribution in [0.15, 0.2) is 6.20 Å². The lowest BCUT2D eigenvalue weighted by molar-refractivity contribution is -0.220. The highest BCUT2D eigenvalue weighted by molar-refractivity contribution is 5.98. The second kappa shape index (κ2) is 3.58. The molecule has 2 rings (SSSR count). The normalized spacial score (nSPS) is 21.5. The van der Waals surface area contributed by atoms with E-state index in [9.17, 15) is 18.0 Å². The number of halogens is 3. The molecule has 0 spiro atoms. The minimum atomic E-state index is -4.31. The number of alkyl halides is 3. The fraction of sp³-hybridized carbons (Fsp3) is 0.636. The maximum Gasteiger partial charge on any atom is 0.394 e. The summed E-state index contributed by atoms with van der Waals surface area (Å²) in [6.45, 7) is 2.33. The van der Waals surface area contributed by atoms with Gasteiger partial charge in [0.15, 0.2) is 5.78 Å². The van der Waals surface area contributed by atoms with Crippen LogP contribution in [-0.4, -0.2) is 22.2 Å². The van der Waals surface area contributed by atoms with Gasteiger partial charge in [-0.25, -0.2) is 0 Å². The molecular formula is C11H13F3N2O. The van der Waals surface area contributed by atoms with Crippen LogP contribution < -0.4 is 0 Å². The van der Waals surface area contributed by atoms with E-state index in [1.165, 1.54) is 6.20 Å². The number of hydrogen-bond donors (Lipinski definition) is 1. The summed E-state index contributed by atoms with van der Waals surface area (Å²) < 4.78 is 39.0. The molecule has 1 aromatic rings. The topological polar surface area (TPSA) is 45.8 Å². The van der Waals surface area contributed by atoms with Gasteiger partial charge in [-0.1, -0.05) is 13.8 Å². The minimum absolute atomic E-state index is 0.136. The second-order valence-electron chi connectivity index (χ2n) is 4.93. The number of carbonyl (C=O) groups is 1. The number of fused-ring (bicyclic) bond motifs is 1. The zero-order valence-electron chi connectivity index (χ0n) is 9.56. The number of ketones is 1. The summed E-state index contributed by atoms with van der Waals surface area (Å²) in [4.78, 5) is 11.5. The summed E-state index contributed by atoms with van der Waals surface area (Å²) in [5.41, 5.74) is -1.24. The lowest BCUT2D eigenvalue weighted by Crippen LogP contribution is -2.40. The number of nitrogens with one attached hydrogen (secondary N) is 1. The van der Waals surface area contributed by atoms with Crippen molar-refractivity contribution in [2.45, 2.75) is 38.8 Å². The fourth-order valence-corrected chi connectivity index (χ4v) is 2.26. The largest absolute Gasteiger partial charge is 0.394 e. The van der Waals surface area contributed by atoms with Crippen molar-refractivity contribution in [3.63, 3.8) is 0 Å². The Morgan fingerprint density at radius 3 is 2.65 bits per heavy atom. The van der Waals surface area contributed by atoms with Crippen molar-refractivity contribution in [3.05, 3.63) is 17.5 Å². The van der Waals surface area contributed by atoms with Gasteiger partial charge in [-0.15, -0.1) is 0 Å². The molecule has 1 atom stereocenters. The van der Waals surface area contributed by atoms with E-state index in [1.54, 1.807) is 0 Å². The van der Waals surface area contributed by atoms with Gasteiger partial charge in [0.2, 0.25) is 0 Å². The summed E-state index contributed by atoms with van der Waals surface area (Å²) in [6, 6.07) is 0. The molecule has 1 N–H and O–H groups in total. The van der Waals surface area contributed by atoms with E-state index in [2.05, 4.69) is 10.2 Å². The van der Waals surface area contributed by atoms with Crippen molar-refractivity contribution in [2.75, 3.05) is 0 Å². The average molecular weight is 246 g/mol. The molecule has 17 heavy (non-hydrogen) atoms. The van der Waals surface area contributed by atoms with Crippen molar-refractivity contribution >= 4 is 5.78 Å². The SMILES string of the molecule is CC(C)(C1CCC(=O)c2cn[nH]c21)C(F)(F)F. The third-order valence-corrected chi connectivity index (χ3v) is 3.58. The molecule has 94 valence electrons. The molecule has 0 saturated heterocycles. The third kappa shape index (κ3) is 1.75. The van der Waals surface area contributed by atoms with Crippen LogP contribution in [0.1, 0.15) is 48.7 Å². The molecule has 6 heteroatoms. The highest BCUT2D eigenvalue weighted by atomic mass is 19.4. The van der Waals surface area contributed by atoms with Gasteiger partial charge in [-0.3, -0.25) is 9.89 Å². The van der Waals surface area contributed by atoms with Crippen LogP contribution in [0.3, 0.4) is 0 Å². The van der Waals surface area contributed by atoms with Gasteiger partial charge in [0.05, 0.1) is 17.2 Å². The van der Waals surface area contributed by atoms with Crippen LogP contribution in [0.4, 0.5) is 13.2 Å². The number of carbonyl (C=O) groups excluding carboxylic acids is 1. The smallest absolute Gasteiger partial charge is 0.294 e. The standard InChI is InChI=1S/C11H13F3N2O/c1-10(2,11(12,13)14)7-3-4-8(17)6-5-15-16-9(6)7/h5,7H,3-4H2,1-2H3,(H,15,16). The number of rotatable bonds is 1. The van der Waals surface area contributed by atoms with Gasteiger partial charge < -0.3 is 0 Å². The van der Waals surface area contributed by atoms with E-state index in [4.69, 9.17) is 0 Å². The van der Waals surface area contributed by atoms with Gasteiger partial charge in [-0.05, 0) is 6.42 Å². The Hall–Kier alpha value is -1.33. The van der Waals surface area contributed by atoms with Crippen LogP contribution in [-0.2, 0) is 0 Å². The van der Waals surface area contributed by atoms with E-state index in [0.717, 1.165) is 13.8 Å². The number of Topliss-reactive ketones (excluding diaryl/α,β-unsaturated/α-hetero) is 1. The lowest BCUT2D eigenvalue weighted by Gasteiger charge is -2.37. The Balaban J connectivity index is 2.44. The van der Waals surface area contributed by atoms with Gasteiger partial charge in [0.25, 0.3) is 0 Å². The van der Waals surface area contributed by atoms with Crippen molar-refractivity contribution in [2.24, 2.45) is 5.41 Å². The first-order valence-electron chi connectivity index (χ1n) is 5.38. The Kier molecular flexibility index (Phi) is 2.56. The Labute approximate surface area is 96.4 Å². The number of hydrogen-bond acceptors (Lipinski definition) is 2. The molecule has 1 heterocycles. The third-order valence-electron chi connectivity index (χ3n) is 3.58. The highest BCUT2D eigenvalue weighted by Gasteiger charge is 2.54. The Morgan fingerprint density at radius 1 is 1.41 bits per heavy atom. The van der Waals surface area contributed by atoms with Crippen molar-refractivity contribution in [1.82, 2.24) is 10.2 Å². The zero-order chi connectivity index (χ0) is 12.8. The number of H-pyrrole nitrogens is 1. The summed E-state index contributed by atoms with van der Waals surface area (Å²) in [5.74, 6) is -0.874. The molecule has 0 radical (unpaired) electrons. The molecule has 1 aliphatic rings. The van der Waals surface area contributed by atoms with Crippen LogP contribution in [0.25, 0.3) is 0 Å². The first kappa shape index (κ1) is 12.1. The molecule has 0 fully saturated rings. The molecule has 0 saturated carbocycles. The maximum atomic E-state index is 13.0. The predicted molar refractivity (Wildman–Crippen MR) is 54.7 cm³/mol. The van der Waals surface area contributed by atoms with Crippen LogP contribution in [0, 0.1) is 5.41 Å². The van der Waals surface area contributed by atoms with E-state index in [-0.39, 0.29) is 18.6 Å². The molecule has 0 bridgehead atoms. The fourth-order valence-electron chi connectivity index (χ4n) is 2.26. The first-order chi connectivity index (χ1) is 7.75. The molecule has 0 amide bonds. The zero-order valence-corrected chi connectivity index (χ0v) is 9.56. The van der Waals surface area contributed by atoms with Crippen LogP contribution in [0.5, 0.6) is 0 Å². The van der Waals surface area contributed by atoms with E-state index in [0.29, 0.717) is 11.3 Å². The monoisotopic (exact) mass is 246 g/mol. The first-order valence-corrected chi connectivity index (χ1v) is 5.38. The van der Waals surface area contributed by atoms with Crippen LogP contribution in [0.2, 0.25) is 0 Å². The minimum Gasteiger partial charge on any atom is -0.294 e. The molecule has 0 aliphatic heterocycles. The number of aromatic nitrogens is 2. The van der Waals surface area contributed by atoms with Gasteiger partial charge in [0.1, 0.15) is 0 Å². The summed E-state index contributed by atoms with van der Waals surface area (Å²) >= 11 is 0. The van der Waals surface area contributed by atoms with Gasteiger partial charge in [-0.2, -0.15) is 18.3 Å². The quantitative estimate of drug-likeness (QED) is 0.827. The second-order valence-corrected chi connectivity index (χ2v) is 4.93. The molecule has 1 unspecified atom stereocenters. The summed E-state index contributed by atoms with van der Waals surface area (Å²) in [6.07, 6.45) is -2.63. The maximum absolute atomic E-state index is 13.0. The summed E-state index contributed by atoms with van der Waals surface area (Å²) in [5, 5.41) is 6.23. The van der Waals surface area contributed by atoms with E-state index < -0.39 is 17.5 Å². The predicted octanol–water partition coefficient (Wildman–Crippen LogP) is 3.06. The molecule has 3 nitrogen and oxygen atoms in total. The van der Waals surface area contributed by atoms with E-state index >= 15 is 0 Å². The molecule has 1 aliphatic carbocycles. The number of nitrogens with zero attached hydrogens (tertiary/aromatic N) is 1. The van der Waals surface area contributed by atoms with E-state index in [1.807, 2.05) is 0 Å². The van der Waals surface area contributed by atoms with Crippen molar-refractivity contribution in [1.29, 1.82) is 0 Å². The lowest BCUT2D eigenvalue weighted by atomic mass is 9.70. The van der Waals surface area contributed by atoms with Crippen LogP contribution >= 0.6 is 0 Å². The van der Waals surface area contributed by atoms with Gasteiger partial charge >= 0.3 is 6.18 Å².